The first-order valence-electron chi connectivity index (χ1n) is 6.78. The highest BCUT2D eigenvalue weighted by atomic mass is 31.3. The molecule has 3 atom stereocenters. The summed E-state index contributed by atoms with van der Waals surface area (Å²) in [5.41, 5.74) is -3.34. The number of rotatable bonds is 5. The summed E-state index contributed by atoms with van der Waals surface area (Å²) in [6.45, 7) is 12.5. The van der Waals surface area contributed by atoms with Gasteiger partial charge in [-0.15, -0.1) is 0 Å². The minimum absolute atomic E-state index is 0.802. The van der Waals surface area contributed by atoms with E-state index in [9.17, 15) is 14.0 Å². The first-order valence-corrected chi connectivity index (χ1v) is 10.3. The van der Waals surface area contributed by atoms with Gasteiger partial charge in [-0.3, -0.25) is 9.09 Å². The molecule has 0 aromatic carbocycles. The van der Waals surface area contributed by atoms with Gasteiger partial charge in [-0.1, -0.05) is 0 Å². The van der Waals surface area contributed by atoms with Gasteiger partial charge >= 0.3 is 15.4 Å². The molecule has 8 nitrogen and oxygen atoms in total. The minimum atomic E-state index is -4.78. The monoisotopic (exact) mass is 360 g/mol. The standard InChI is InChI=1S/C12H26O8P2/c1-9(2)12(7,18-11(5,6)17-9)10(3,4)19-22(15,16)20-21(8,13)14/h1-8H3,(H,13,14)(H,15,16). The molecule has 1 saturated heterocycles. The Balaban J connectivity index is 3.13. The van der Waals surface area contributed by atoms with Gasteiger partial charge in [0, 0.05) is 6.66 Å². The predicted octanol–water partition coefficient (Wildman–Crippen LogP) is 3.03. The molecule has 0 amide bonds. The molecule has 1 heterocycles. The van der Waals surface area contributed by atoms with Crippen molar-refractivity contribution in [1.82, 2.24) is 0 Å². The molecule has 10 heteroatoms. The average Bonchev–Trinajstić information content (AvgIpc) is 2.23. The number of phosphoric ester groups is 1. The van der Waals surface area contributed by atoms with Crippen molar-refractivity contribution in [3.8, 4) is 0 Å². The normalized spacial score (nSPS) is 33.2. The van der Waals surface area contributed by atoms with Gasteiger partial charge in [-0.05, 0) is 48.5 Å². The molecule has 1 aliphatic heterocycles. The Hall–Kier alpha value is 0.220. The lowest BCUT2D eigenvalue weighted by Crippen LogP contribution is -2.60. The van der Waals surface area contributed by atoms with Crippen LogP contribution in [0.15, 0.2) is 0 Å². The van der Waals surface area contributed by atoms with Crippen LogP contribution < -0.4 is 0 Å². The maximum absolute atomic E-state index is 12.0. The van der Waals surface area contributed by atoms with Gasteiger partial charge < -0.3 is 19.3 Å². The van der Waals surface area contributed by atoms with Crippen molar-refractivity contribution in [3.05, 3.63) is 0 Å². The zero-order valence-electron chi connectivity index (χ0n) is 14.2. The van der Waals surface area contributed by atoms with Gasteiger partial charge in [-0.25, -0.2) is 8.88 Å². The highest BCUT2D eigenvalue weighted by molar-refractivity contribution is 7.63. The van der Waals surface area contributed by atoms with Gasteiger partial charge in [0.15, 0.2) is 5.79 Å². The van der Waals surface area contributed by atoms with E-state index < -0.39 is 38.0 Å². The van der Waals surface area contributed by atoms with E-state index in [4.69, 9.17) is 18.9 Å². The Labute approximate surface area is 131 Å². The molecule has 2 N–H and O–H groups in total. The van der Waals surface area contributed by atoms with Crippen LogP contribution in [0.1, 0.15) is 48.5 Å². The summed E-state index contributed by atoms with van der Waals surface area (Å²) < 4.78 is 44.4. The number of ether oxygens (including phenoxy) is 2. The van der Waals surface area contributed by atoms with Gasteiger partial charge in [0.25, 0.3) is 0 Å². The topological polar surface area (TPSA) is 112 Å². The largest absolute Gasteiger partial charge is 0.480 e. The Morgan fingerprint density at radius 1 is 1.00 bits per heavy atom. The number of hydrogen-bond donors (Lipinski definition) is 2. The van der Waals surface area contributed by atoms with Gasteiger partial charge in [0.2, 0.25) is 0 Å². The van der Waals surface area contributed by atoms with Crippen molar-refractivity contribution in [2.24, 2.45) is 0 Å². The first kappa shape index (κ1) is 20.3. The fourth-order valence-corrected chi connectivity index (χ4v) is 5.19. The summed E-state index contributed by atoms with van der Waals surface area (Å²) in [6, 6.07) is 0. The van der Waals surface area contributed by atoms with Crippen LogP contribution in [0.3, 0.4) is 0 Å². The summed E-state index contributed by atoms with van der Waals surface area (Å²) in [5.74, 6) is -0.920. The van der Waals surface area contributed by atoms with E-state index in [-0.39, 0.29) is 0 Å². The Morgan fingerprint density at radius 2 is 1.45 bits per heavy atom. The smallest absolute Gasteiger partial charge is 0.342 e. The fraction of sp³-hybridized carbons (Fsp3) is 1.00. The van der Waals surface area contributed by atoms with Crippen molar-refractivity contribution < 1.29 is 37.2 Å². The molecule has 0 aromatic heterocycles. The van der Waals surface area contributed by atoms with Crippen molar-refractivity contribution in [1.29, 1.82) is 0 Å². The second-order valence-electron chi connectivity index (χ2n) is 7.10. The van der Waals surface area contributed by atoms with Crippen LogP contribution in [-0.4, -0.2) is 39.0 Å². The van der Waals surface area contributed by atoms with E-state index in [0.717, 1.165) is 6.66 Å². The van der Waals surface area contributed by atoms with Crippen LogP contribution in [-0.2, 0) is 27.4 Å². The third-order valence-electron chi connectivity index (χ3n) is 3.85. The van der Waals surface area contributed by atoms with Gasteiger partial charge in [0.1, 0.15) is 11.2 Å². The third-order valence-corrected chi connectivity index (χ3v) is 6.57. The lowest BCUT2D eigenvalue weighted by Gasteiger charge is -2.46. The SMILES string of the molecule is CC1(C)OC(C)(C)C(C)(C(C)(C)OP(=O)(O)OP(C)(=O)O)O1. The van der Waals surface area contributed by atoms with Crippen LogP contribution >= 0.6 is 15.4 Å². The lowest BCUT2D eigenvalue weighted by atomic mass is 9.76. The molecule has 0 radical (unpaired) electrons. The Bertz CT molecular complexity index is 535. The first-order chi connectivity index (χ1) is 9.33. The molecule has 0 aromatic rings. The maximum atomic E-state index is 12.0. The van der Waals surface area contributed by atoms with Crippen LogP contribution in [0.2, 0.25) is 0 Å². The zero-order chi connectivity index (χ0) is 17.8. The molecule has 22 heavy (non-hydrogen) atoms. The van der Waals surface area contributed by atoms with Crippen molar-refractivity contribution in [2.75, 3.05) is 6.66 Å². The zero-order valence-corrected chi connectivity index (χ0v) is 16.0. The predicted molar refractivity (Wildman–Crippen MR) is 80.6 cm³/mol. The molecule has 0 spiro atoms. The van der Waals surface area contributed by atoms with Crippen LogP contribution in [0.25, 0.3) is 0 Å². The fourth-order valence-electron chi connectivity index (χ4n) is 2.78. The van der Waals surface area contributed by atoms with E-state index in [2.05, 4.69) is 4.31 Å². The third kappa shape index (κ3) is 4.19. The summed E-state index contributed by atoms with van der Waals surface area (Å²) in [7, 11) is -8.97. The minimum Gasteiger partial charge on any atom is -0.342 e. The van der Waals surface area contributed by atoms with Gasteiger partial charge in [0.05, 0.1) is 5.60 Å². The lowest BCUT2D eigenvalue weighted by molar-refractivity contribution is -0.195. The molecule has 1 aliphatic rings. The molecular weight excluding hydrogens is 334 g/mol. The van der Waals surface area contributed by atoms with Crippen LogP contribution in [0.4, 0.5) is 0 Å². The van der Waals surface area contributed by atoms with Crippen molar-refractivity contribution in [3.63, 3.8) is 0 Å². The Kier molecular flexibility index (Phi) is 4.94. The van der Waals surface area contributed by atoms with Crippen molar-refractivity contribution in [2.45, 2.75) is 71.1 Å². The van der Waals surface area contributed by atoms with Crippen LogP contribution in [0, 0.1) is 0 Å². The van der Waals surface area contributed by atoms with Gasteiger partial charge in [-0.2, -0.15) is 0 Å². The quantitative estimate of drug-likeness (QED) is 0.720. The highest BCUT2D eigenvalue weighted by Gasteiger charge is 2.65. The summed E-state index contributed by atoms with van der Waals surface area (Å²) in [6.07, 6.45) is 0. The van der Waals surface area contributed by atoms with E-state index >= 15 is 0 Å². The molecule has 0 saturated carbocycles. The Morgan fingerprint density at radius 3 is 1.77 bits per heavy atom. The van der Waals surface area contributed by atoms with E-state index in [0.29, 0.717) is 0 Å². The molecule has 0 aliphatic carbocycles. The highest BCUT2D eigenvalue weighted by Crippen LogP contribution is 2.62. The van der Waals surface area contributed by atoms with E-state index in [1.54, 1.807) is 34.6 Å². The van der Waals surface area contributed by atoms with E-state index in [1.165, 1.54) is 13.8 Å². The molecular formula is C12H26O8P2. The number of hydrogen-bond acceptors (Lipinski definition) is 6. The maximum Gasteiger partial charge on any atom is 0.480 e. The molecule has 132 valence electrons. The number of phosphoric acid groups is 1. The summed E-state index contributed by atoms with van der Waals surface area (Å²) in [5, 5.41) is 0. The molecule has 1 fully saturated rings. The van der Waals surface area contributed by atoms with Crippen LogP contribution in [0.5, 0.6) is 0 Å². The molecule has 1 rings (SSSR count). The summed E-state index contributed by atoms with van der Waals surface area (Å²) in [4.78, 5) is 18.9. The molecule has 3 unspecified atom stereocenters. The second-order valence-corrected chi connectivity index (χ2v) is 10.5. The summed E-state index contributed by atoms with van der Waals surface area (Å²) >= 11 is 0. The second kappa shape index (κ2) is 5.36. The molecule has 0 bridgehead atoms. The van der Waals surface area contributed by atoms with Crippen molar-refractivity contribution >= 4 is 15.4 Å². The van der Waals surface area contributed by atoms with E-state index in [1.807, 2.05) is 0 Å². The average molecular weight is 360 g/mol.